The molecule has 0 spiro atoms. The van der Waals surface area contributed by atoms with Gasteiger partial charge in [0.25, 0.3) is 0 Å². The van der Waals surface area contributed by atoms with E-state index in [1.165, 1.54) is 13.5 Å². The van der Waals surface area contributed by atoms with Crippen LogP contribution in [-0.2, 0) is 14.3 Å². The number of ether oxygens (including phenoxy) is 1. The average Bonchev–Trinajstić information content (AvgIpc) is 3.09. The van der Waals surface area contributed by atoms with E-state index in [-0.39, 0.29) is 25.7 Å². The normalized spacial score (nSPS) is 22.2. The molecule has 1 aromatic carbocycles. The molecule has 2 aromatic rings. The first-order valence-corrected chi connectivity index (χ1v) is 8.32. The predicted octanol–water partition coefficient (Wildman–Crippen LogP) is 4.02. The van der Waals surface area contributed by atoms with Gasteiger partial charge in [0.05, 0.1) is 13.0 Å². The first kappa shape index (κ1) is 18.4. The molecule has 1 atom stereocenters. The molecule has 1 heterocycles. The Labute approximate surface area is 147 Å². The summed E-state index contributed by atoms with van der Waals surface area (Å²) in [4.78, 5) is 29.1. The second-order valence-corrected chi connectivity index (χ2v) is 6.53. The Morgan fingerprint density at radius 2 is 1.92 bits per heavy atom. The van der Waals surface area contributed by atoms with Crippen LogP contribution in [0.25, 0.3) is 11.1 Å². The van der Waals surface area contributed by atoms with Crippen molar-refractivity contribution in [3.8, 4) is 0 Å². The van der Waals surface area contributed by atoms with Crippen LogP contribution in [0.1, 0.15) is 37.2 Å². The number of rotatable bonds is 4. The summed E-state index contributed by atoms with van der Waals surface area (Å²) in [6.07, 6.45) is -2.97. The lowest BCUT2D eigenvalue weighted by atomic mass is 9.75. The van der Waals surface area contributed by atoms with E-state index in [1.807, 2.05) is 0 Å². The van der Waals surface area contributed by atoms with Gasteiger partial charge in [0.15, 0.2) is 17.8 Å². The number of carbonyl (C=O) groups excluding carboxylic acids is 2. The highest BCUT2D eigenvalue weighted by molar-refractivity contribution is 6.06. The van der Waals surface area contributed by atoms with Gasteiger partial charge < -0.3 is 9.15 Å². The fourth-order valence-electron chi connectivity index (χ4n) is 3.53. The van der Waals surface area contributed by atoms with Crippen molar-refractivity contribution in [2.45, 2.75) is 37.8 Å². The quantitative estimate of drug-likeness (QED) is 0.601. The zero-order chi connectivity index (χ0) is 18.9. The standard InChI is InChI=1S/C18H18F3NO4/c1-25-17(24)15(11-4-7-14-13(8-11)22-9-26-14)16(23)10-2-5-12(6-3-10)18(19,20)21/h4,7-10,12,15H,2-3,5-6H2,1H3. The first-order valence-electron chi connectivity index (χ1n) is 8.32. The molecule has 1 unspecified atom stereocenters. The van der Waals surface area contributed by atoms with Gasteiger partial charge in [-0.1, -0.05) is 6.07 Å². The third kappa shape index (κ3) is 3.59. The molecule has 0 radical (unpaired) electrons. The van der Waals surface area contributed by atoms with Crippen molar-refractivity contribution >= 4 is 22.9 Å². The Morgan fingerprint density at radius 3 is 2.54 bits per heavy atom. The Kier molecular flexibility index (Phi) is 5.02. The van der Waals surface area contributed by atoms with Crippen LogP contribution in [0.4, 0.5) is 13.2 Å². The van der Waals surface area contributed by atoms with E-state index in [2.05, 4.69) is 4.98 Å². The topological polar surface area (TPSA) is 69.4 Å². The van der Waals surface area contributed by atoms with E-state index < -0.39 is 35.7 Å². The molecular weight excluding hydrogens is 351 g/mol. The van der Waals surface area contributed by atoms with E-state index in [1.54, 1.807) is 18.2 Å². The first-order chi connectivity index (χ1) is 12.3. The predicted molar refractivity (Wildman–Crippen MR) is 85.3 cm³/mol. The van der Waals surface area contributed by atoms with Crippen LogP contribution in [0, 0.1) is 11.8 Å². The number of esters is 1. The summed E-state index contributed by atoms with van der Waals surface area (Å²) < 4.78 is 48.4. The average molecular weight is 369 g/mol. The minimum absolute atomic E-state index is 0.101. The molecule has 140 valence electrons. The highest BCUT2D eigenvalue weighted by Gasteiger charge is 2.44. The van der Waals surface area contributed by atoms with E-state index in [0.29, 0.717) is 16.7 Å². The minimum Gasteiger partial charge on any atom is -0.468 e. The number of nitrogens with zero attached hydrogens (tertiary/aromatic N) is 1. The number of benzene rings is 1. The lowest BCUT2D eigenvalue weighted by Crippen LogP contribution is -2.34. The molecule has 8 heteroatoms. The second-order valence-electron chi connectivity index (χ2n) is 6.53. The van der Waals surface area contributed by atoms with Gasteiger partial charge in [-0.05, 0) is 43.4 Å². The van der Waals surface area contributed by atoms with Gasteiger partial charge in [0.2, 0.25) is 0 Å². The molecule has 0 saturated heterocycles. The number of ketones is 1. The summed E-state index contributed by atoms with van der Waals surface area (Å²) in [7, 11) is 1.18. The van der Waals surface area contributed by atoms with Crippen LogP contribution in [0.2, 0.25) is 0 Å². The number of aromatic nitrogens is 1. The van der Waals surface area contributed by atoms with Crippen molar-refractivity contribution in [1.29, 1.82) is 0 Å². The second kappa shape index (κ2) is 7.09. The maximum atomic E-state index is 12.9. The van der Waals surface area contributed by atoms with Gasteiger partial charge in [0.1, 0.15) is 11.4 Å². The zero-order valence-corrected chi connectivity index (χ0v) is 14.1. The summed E-state index contributed by atoms with van der Waals surface area (Å²) in [6, 6.07) is 4.75. The van der Waals surface area contributed by atoms with Crippen molar-refractivity contribution in [2.24, 2.45) is 11.8 Å². The molecule has 1 saturated carbocycles. The van der Waals surface area contributed by atoms with Crippen LogP contribution in [0.5, 0.6) is 0 Å². The summed E-state index contributed by atoms with van der Waals surface area (Å²) in [5.74, 6) is -4.27. The monoisotopic (exact) mass is 369 g/mol. The van der Waals surface area contributed by atoms with E-state index in [0.717, 1.165) is 0 Å². The molecule has 1 aromatic heterocycles. The Balaban J connectivity index is 1.82. The molecular formula is C18H18F3NO4. The van der Waals surface area contributed by atoms with Gasteiger partial charge >= 0.3 is 12.1 Å². The number of Topliss-reactive ketones (excluding diaryl/α,β-unsaturated/α-hetero) is 1. The van der Waals surface area contributed by atoms with E-state index in [4.69, 9.17) is 9.15 Å². The summed E-state index contributed by atoms with van der Waals surface area (Å²) >= 11 is 0. The molecule has 1 aliphatic carbocycles. The lowest BCUT2D eigenvalue weighted by Gasteiger charge is -2.30. The molecule has 26 heavy (non-hydrogen) atoms. The maximum Gasteiger partial charge on any atom is 0.391 e. The van der Waals surface area contributed by atoms with Crippen LogP contribution in [0.3, 0.4) is 0 Å². The molecule has 5 nitrogen and oxygen atoms in total. The highest BCUT2D eigenvalue weighted by atomic mass is 19.4. The highest BCUT2D eigenvalue weighted by Crippen LogP contribution is 2.41. The van der Waals surface area contributed by atoms with Gasteiger partial charge in [0, 0.05) is 5.92 Å². The number of hydrogen-bond donors (Lipinski definition) is 0. The number of alkyl halides is 3. The van der Waals surface area contributed by atoms with E-state index in [9.17, 15) is 22.8 Å². The lowest BCUT2D eigenvalue weighted by molar-refractivity contribution is -0.184. The summed E-state index contributed by atoms with van der Waals surface area (Å²) in [5, 5.41) is 0. The van der Waals surface area contributed by atoms with E-state index >= 15 is 0 Å². The number of oxazole rings is 1. The number of halogens is 3. The van der Waals surface area contributed by atoms with Crippen LogP contribution in [0.15, 0.2) is 29.0 Å². The summed E-state index contributed by atoms with van der Waals surface area (Å²) in [6.45, 7) is 0. The molecule has 0 amide bonds. The molecule has 0 N–H and O–H groups in total. The Morgan fingerprint density at radius 1 is 1.23 bits per heavy atom. The number of carbonyl (C=O) groups is 2. The third-order valence-electron chi connectivity index (χ3n) is 5.00. The van der Waals surface area contributed by atoms with Gasteiger partial charge in [-0.2, -0.15) is 13.2 Å². The molecule has 0 aliphatic heterocycles. The maximum absolute atomic E-state index is 12.9. The molecule has 1 aliphatic rings. The SMILES string of the molecule is COC(=O)C(C(=O)C1CCC(C(F)(F)F)CC1)c1ccc2ocnc2c1. The fourth-order valence-corrected chi connectivity index (χ4v) is 3.53. The number of methoxy groups -OCH3 is 1. The van der Waals surface area contributed by atoms with Crippen LogP contribution >= 0.6 is 0 Å². The van der Waals surface area contributed by atoms with Crippen LogP contribution < -0.4 is 0 Å². The molecule has 1 fully saturated rings. The van der Waals surface area contributed by atoms with Crippen molar-refractivity contribution in [3.63, 3.8) is 0 Å². The van der Waals surface area contributed by atoms with Crippen molar-refractivity contribution < 1.29 is 31.9 Å². The zero-order valence-electron chi connectivity index (χ0n) is 14.1. The Bertz CT molecular complexity index is 806. The number of hydrogen-bond acceptors (Lipinski definition) is 5. The number of fused-ring (bicyclic) bond motifs is 1. The largest absolute Gasteiger partial charge is 0.468 e. The fraction of sp³-hybridized carbons (Fsp3) is 0.500. The van der Waals surface area contributed by atoms with Crippen molar-refractivity contribution in [1.82, 2.24) is 4.98 Å². The van der Waals surface area contributed by atoms with Gasteiger partial charge in [-0.3, -0.25) is 9.59 Å². The smallest absolute Gasteiger partial charge is 0.391 e. The Hall–Kier alpha value is -2.38. The molecule has 0 bridgehead atoms. The summed E-state index contributed by atoms with van der Waals surface area (Å²) in [5.41, 5.74) is 1.40. The van der Waals surface area contributed by atoms with Crippen molar-refractivity contribution in [2.75, 3.05) is 7.11 Å². The minimum atomic E-state index is -4.24. The van der Waals surface area contributed by atoms with Gasteiger partial charge in [-0.25, -0.2) is 4.98 Å². The van der Waals surface area contributed by atoms with Crippen LogP contribution in [-0.4, -0.2) is 30.0 Å². The third-order valence-corrected chi connectivity index (χ3v) is 5.00. The van der Waals surface area contributed by atoms with Crippen molar-refractivity contribution in [3.05, 3.63) is 30.2 Å². The molecule has 3 rings (SSSR count). The van der Waals surface area contributed by atoms with Gasteiger partial charge in [-0.15, -0.1) is 0 Å².